The van der Waals surface area contributed by atoms with Crippen LogP contribution in [0.25, 0.3) is 0 Å². The summed E-state index contributed by atoms with van der Waals surface area (Å²) in [5, 5.41) is 1.20. The normalized spacial score (nSPS) is 17.7. The Morgan fingerprint density at radius 2 is 2.00 bits per heavy atom. The third kappa shape index (κ3) is 4.22. The van der Waals surface area contributed by atoms with Crippen molar-refractivity contribution in [3.63, 3.8) is 0 Å². The molecule has 2 rings (SSSR count). The van der Waals surface area contributed by atoms with Crippen LogP contribution in [0.5, 0.6) is 0 Å². The molecule has 1 aliphatic rings. The summed E-state index contributed by atoms with van der Waals surface area (Å²) >= 11 is 12.0. The molecule has 0 radical (unpaired) electrons. The predicted octanol–water partition coefficient (Wildman–Crippen LogP) is 4.26. The third-order valence-electron chi connectivity index (χ3n) is 3.65. The van der Waals surface area contributed by atoms with Gasteiger partial charge < -0.3 is 0 Å². The van der Waals surface area contributed by atoms with Gasteiger partial charge in [-0.05, 0) is 49.8 Å². The summed E-state index contributed by atoms with van der Waals surface area (Å²) in [7, 11) is 0. The quantitative estimate of drug-likeness (QED) is 0.495. The zero-order valence-electron chi connectivity index (χ0n) is 11.0. The molecule has 1 atom stereocenters. The lowest BCUT2D eigenvalue weighted by atomic mass is 9.96. The van der Waals surface area contributed by atoms with Gasteiger partial charge in [-0.3, -0.25) is 11.3 Å². The first-order chi connectivity index (χ1) is 9.20. The van der Waals surface area contributed by atoms with Gasteiger partial charge >= 0.3 is 0 Å². The fraction of sp³-hybridized carbons (Fsp3) is 0.467. The Bertz CT molecular complexity index is 457. The van der Waals surface area contributed by atoms with E-state index in [1.807, 2.05) is 18.2 Å². The SMILES string of the molecule is NNC(Cc1ccc(Cl)c(Cl)c1)C1=CCCCCC1. The van der Waals surface area contributed by atoms with Crippen LogP contribution in [0.4, 0.5) is 0 Å². The molecule has 0 saturated heterocycles. The van der Waals surface area contributed by atoms with Crippen molar-refractivity contribution in [1.29, 1.82) is 0 Å². The van der Waals surface area contributed by atoms with Crippen LogP contribution >= 0.6 is 23.2 Å². The molecule has 0 amide bonds. The zero-order chi connectivity index (χ0) is 13.7. The molecule has 1 aromatic carbocycles. The first-order valence-electron chi connectivity index (χ1n) is 6.79. The fourth-order valence-electron chi connectivity index (χ4n) is 2.56. The van der Waals surface area contributed by atoms with E-state index >= 15 is 0 Å². The third-order valence-corrected chi connectivity index (χ3v) is 4.39. The van der Waals surface area contributed by atoms with E-state index in [0.717, 1.165) is 24.8 Å². The van der Waals surface area contributed by atoms with E-state index in [9.17, 15) is 0 Å². The van der Waals surface area contributed by atoms with Crippen molar-refractivity contribution in [2.24, 2.45) is 5.84 Å². The molecule has 2 nitrogen and oxygen atoms in total. The molecule has 0 aliphatic heterocycles. The number of hydrazine groups is 1. The Morgan fingerprint density at radius 1 is 1.16 bits per heavy atom. The molecule has 1 aliphatic carbocycles. The molecular formula is C15H20Cl2N2. The van der Waals surface area contributed by atoms with Crippen LogP contribution in [0.1, 0.15) is 37.7 Å². The Hall–Kier alpha value is -0.540. The minimum Gasteiger partial charge on any atom is -0.271 e. The minimum absolute atomic E-state index is 0.190. The Kier molecular flexibility index (Phi) is 5.71. The molecule has 0 saturated carbocycles. The van der Waals surface area contributed by atoms with Gasteiger partial charge in [0.25, 0.3) is 0 Å². The summed E-state index contributed by atoms with van der Waals surface area (Å²) < 4.78 is 0. The lowest BCUT2D eigenvalue weighted by molar-refractivity contribution is 0.564. The van der Waals surface area contributed by atoms with Crippen molar-refractivity contribution in [2.75, 3.05) is 0 Å². The number of hydrogen-bond donors (Lipinski definition) is 2. The van der Waals surface area contributed by atoms with Gasteiger partial charge in [0.2, 0.25) is 0 Å². The molecule has 0 heterocycles. The van der Waals surface area contributed by atoms with E-state index in [4.69, 9.17) is 29.0 Å². The summed E-state index contributed by atoms with van der Waals surface area (Å²) in [5.41, 5.74) is 5.52. The van der Waals surface area contributed by atoms with Crippen LogP contribution < -0.4 is 11.3 Å². The van der Waals surface area contributed by atoms with E-state index < -0.39 is 0 Å². The Labute approximate surface area is 124 Å². The van der Waals surface area contributed by atoms with Crippen molar-refractivity contribution in [1.82, 2.24) is 5.43 Å². The average Bonchev–Trinajstić information content (AvgIpc) is 2.69. The van der Waals surface area contributed by atoms with Crippen molar-refractivity contribution in [3.05, 3.63) is 45.5 Å². The topological polar surface area (TPSA) is 38.0 Å². The maximum Gasteiger partial charge on any atom is 0.0595 e. The molecule has 0 spiro atoms. The van der Waals surface area contributed by atoms with E-state index in [1.54, 1.807) is 0 Å². The molecule has 0 fully saturated rings. The molecule has 104 valence electrons. The predicted molar refractivity (Wildman–Crippen MR) is 82.4 cm³/mol. The van der Waals surface area contributed by atoms with Gasteiger partial charge in [-0.1, -0.05) is 47.3 Å². The van der Waals surface area contributed by atoms with Gasteiger partial charge in [-0.25, -0.2) is 0 Å². The maximum atomic E-state index is 6.05. The van der Waals surface area contributed by atoms with Gasteiger partial charge in [-0.2, -0.15) is 0 Å². The second kappa shape index (κ2) is 7.30. The number of rotatable bonds is 4. The Morgan fingerprint density at radius 3 is 2.74 bits per heavy atom. The molecule has 0 aromatic heterocycles. The highest BCUT2D eigenvalue weighted by atomic mass is 35.5. The number of nitrogens with one attached hydrogen (secondary N) is 1. The van der Waals surface area contributed by atoms with Gasteiger partial charge in [0.1, 0.15) is 0 Å². The van der Waals surface area contributed by atoms with Gasteiger partial charge in [-0.15, -0.1) is 0 Å². The van der Waals surface area contributed by atoms with Crippen LogP contribution in [-0.4, -0.2) is 6.04 Å². The van der Waals surface area contributed by atoms with Gasteiger partial charge in [0, 0.05) is 6.04 Å². The van der Waals surface area contributed by atoms with Crippen LogP contribution in [0, 0.1) is 0 Å². The minimum atomic E-state index is 0.190. The number of allylic oxidation sites excluding steroid dienone is 1. The van der Waals surface area contributed by atoms with E-state index in [0.29, 0.717) is 10.0 Å². The summed E-state index contributed by atoms with van der Waals surface area (Å²) in [4.78, 5) is 0. The maximum absolute atomic E-state index is 6.05. The molecule has 4 heteroatoms. The standard InChI is InChI=1S/C15H20Cl2N2/c16-13-8-7-11(9-14(13)17)10-15(19-18)12-5-3-1-2-4-6-12/h5,7-9,15,19H,1-4,6,10,18H2. The average molecular weight is 299 g/mol. The van der Waals surface area contributed by atoms with E-state index in [-0.39, 0.29) is 6.04 Å². The summed E-state index contributed by atoms with van der Waals surface area (Å²) in [6, 6.07) is 5.96. The number of hydrogen-bond acceptors (Lipinski definition) is 2. The first kappa shape index (κ1) is 14.9. The van der Waals surface area contributed by atoms with Crippen molar-refractivity contribution < 1.29 is 0 Å². The molecule has 3 N–H and O–H groups in total. The van der Waals surface area contributed by atoms with Gasteiger partial charge in [0.05, 0.1) is 10.0 Å². The fourth-order valence-corrected chi connectivity index (χ4v) is 2.88. The highest BCUT2D eigenvalue weighted by Crippen LogP contribution is 2.25. The molecule has 1 aromatic rings. The van der Waals surface area contributed by atoms with Crippen molar-refractivity contribution in [3.8, 4) is 0 Å². The summed E-state index contributed by atoms with van der Waals surface area (Å²) in [5.74, 6) is 5.72. The number of nitrogens with two attached hydrogens (primary N) is 1. The Balaban J connectivity index is 2.09. The number of halogens is 2. The lowest BCUT2D eigenvalue weighted by Crippen LogP contribution is -2.38. The highest BCUT2D eigenvalue weighted by molar-refractivity contribution is 6.42. The van der Waals surface area contributed by atoms with Crippen LogP contribution in [0.2, 0.25) is 10.0 Å². The van der Waals surface area contributed by atoms with Crippen LogP contribution in [-0.2, 0) is 6.42 Å². The highest BCUT2D eigenvalue weighted by Gasteiger charge is 2.15. The largest absolute Gasteiger partial charge is 0.271 e. The second-order valence-electron chi connectivity index (χ2n) is 5.05. The van der Waals surface area contributed by atoms with Gasteiger partial charge in [0.15, 0.2) is 0 Å². The molecule has 0 bridgehead atoms. The second-order valence-corrected chi connectivity index (χ2v) is 5.86. The monoisotopic (exact) mass is 298 g/mol. The smallest absolute Gasteiger partial charge is 0.0595 e. The molecule has 1 unspecified atom stereocenters. The summed E-state index contributed by atoms with van der Waals surface area (Å²) in [6.45, 7) is 0. The van der Waals surface area contributed by atoms with E-state index in [1.165, 1.54) is 24.8 Å². The molecular weight excluding hydrogens is 279 g/mol. The lowest BCUT2D eigenvalue weighted by Gasteiger charge is -2.19. The van der Waals surface area contributed by atoms with Crippen molar-refractivity contribution in [2.45, 2.75) is 44.6 Å². The van der Waals surface area contributed by atoms with Crippen molar-refractivity contribution >= 4 is 23.2 Å². The van der Waals surface area contributed by atoms with Crippen LogP contribution in [0.15, 0.2) is 29.8 Å². The zero-order valence-corrected chi connectivity index (χ0v) is 12.5. The van der Waals surface area contributed by atoms with E-state index in [2.05, 4.69) is 11.5 Å². The molecule has 19 heavy (non-hydrogen) atoms. The van der Waals surface area contributed by atoms with Crippen LogP contribution in [0.3, 0.4) is 0 Å². The summed E-state index contributed by atoms with van der Waals surface area (Å²) in [6.07, 6.45) is 9.34. The first-order valence-corrected chi connectivity index (χ1v) is 7.55. The number of benzene rings is 1.